The number of anilines is 2. The summed E-state index contributed by atoms with van der Waals surface area (Å²) in [6, 6.07) is 12.2. The Bertz CT molecular complexity index is 1480. The van der Waals surface area contributed by atoms with E-state index in [2.05, 4.69) is 10.3 Å². The van der Waals surface area contributed by atoms with Crippen LogP contribution < -0.4 is 5.32 Å². The molecule has 1 aliphatic carbocycles. The van der Waals surface area contributed by atoms with Gasteiger partial charge in [0.25, 0.3) is 5.69 Å². The third-order valence-corrected chi connectivity index (χ3v) is 6.04. The second-order valence-electron chi connectivity index (χ2n) is 8.41. The van der Waals surface area contributed by atoms with Crippen molar-refractivity contribution in [3.63, 3.8) is 0 Å². The van der Waals surface area contributed by atoms with Gasteiger partial charge in [0.2, 0.25) is 0 Å². The predicted molar refractivity (Wildman–Crippen MR) is 125 cm³/mol. The van der Waals surface area contributed by atoms with Gasteiger partial charge in [-0.15, -0.1) is 0 Å². The monoisotopic (exact) mass is 478 g/mol. The molecule has 1 heterocycles. The Labute approximate surface area is 198 Å². The molecule has 0 bridgehead atoms. The number of nitro groups is 1. The molecule has 1 saturated carbocycles. The van der Waals surface area contributed by atoms with Gasteiger partial charge < -0.3 is 14.6 Å². The molecule has 3 aromatic carbocycles. The van der Waals surface area contributed by atoms with Crippen molar-refractivity contribution in [1.29, 1.82) is 0 Å². The second-order valence-corrected chi connectivity index (χ2v) is 8.41. The number of imidazole rings is 1. The minimum Gasteiger partial charge on any atom is -0.465 e. The molecule has 35 heavy (non-hydrogen) atoms. The van der Waals surface area contributed by atoms with Crippen molar-refractivity contribution in [2.24, 2.45) is 0 Å². The molecule has 0 atom stereocenters. The molecule has 10 heteroatoms. The number of esters is 1. The number of rotatable bonds is 7. The van der Waals surface area contributed by atoms with Gasteiger partial charge in [-0.05, 0) is 48.1 Å². The largest absolute Gasteiger partial charge is 0.465 e. The number of halogens is 2. The van der Waals surface area contributed by atoms with Crippen LogP contribution in [-0.4, -0.2) is 27.6 Å². The van der Waals surface area contributed by atoms with Gasteiger partial charge in [0, 0.05) is 18.7 Å². The van der Waals surface area contributed by atoms with Gasteiger partial charge in [-0.3, -0.25) is 10.1 Å². The summed E-state index contributed by atoms with van der Waals surface area (Å²) in [5, 5.41) is 13.8. The first-order chi connectivity index (χ1) is 16.9. The number of fused-ring (bicyclic) bond motifs is 1. The number of nitrogens with zero attached hydrogens (tertiary/aromatic N) is 3. The summed E-state index contributed by atoms with van der Waals surface area (Å²) in [5.41, 5.74) is 1.29. The van der Waals surface area contributed by atoms with Gasteiger partial charge in [-0.2, -0.15) is 0 Å². The lowest BCUT2D eigenvalue weighted by Crippen LogP contribution is -2.10. The molecular formula is C25H20F2N4O4. The van der Waals surface area contributed by atoms with Crippen LogP contribution in [0.25, 0.3) is 11.0 Å². The van der Waals surface area contributed by atoms with E-state index in [1.54, 1.807) is 22.8 Å². The lowest BCUT2D eigenvalue weighted by Gasteiger charge is -2.14. The van der Waals surface area contributed by atoms with Crippen molar-refractivity contribution in [3.05, 3.63) is 93.3 Å². The summed E-state index contributed by atoms with van der Waals surface area (Å²) < 4.78 is 36.8. The predicted octanol–water partition coefficient (Wildman–Crippen LogP) is 5.68. The minimum absolute atomic E-state index is 0.0221. The molecule has 1 aromatic heterocycles. The van der Waals surface area contributed by atoms with Gasteiger partial charge >= 0.3 is 5.97 Å². The molecule has 1 N–H and O–H groups in total. The molecule has 0 amide bonds. The average molecular weight is 478 g/mol. The van der Waals surface area contributed by atoms with Crippen LogP contribution in [0.2, 0.25) is 0 Å². The van der Waals surface area contributed by atoms with E-state index in [9.17, 15) is 19.3 Å². The van der Waals surface area contributed by atoms with Crippen molar-refractivity contribution in [3.8, 4) is 0 Å². The molecule has 8 nitrogen and oxygen atoms in total. The van der Waals surface area contributed by atoms with Gasteiger partial charge in [-0.25, -0.2) is 18.6 Å². The lowest BCUT2D eigenvalue weighted by molar-refractivity contribution is -0.384. The quantitative estimate of drug-likeness (QED) is 0.208. The highest BCUT2D eigenvalue weighted by Crippen LogP contribution is 2.41. The van der Waals surface area contributed by atoms with Crippen LogP contribution in [0.5, 0.6) is 0 Å². The number of nitro benzene ring substituents is 1. The Kier molecular flexibility index (Phi) is 5.64. The molecule has 0 radical (unpaired) electrons. The van der Waals surface area contributed by atoms with Crippen molar-refractivity contribution in [2.75, 3.05) is 12.4 Å². The number of nitrogens with one attached hydrogen (secondary N) is 1. The first-order valence-electron chi connectivity index (χ1n) is 10.9. The van der Waals surface area contributed by atoms with Crippen molar-refractivity contribution < 1.29 is 23.2 Å². The van der Waals surface area contributed by atoms with Gasteiger partial charge in [0.05, 0.1) is 40.8 Å². The third-order valence-electron chi connectivity index (χ3n) is 6.04. The number of benzene rings is 3. The number of ether oxygens (including phenoxy) is 1. The normalized spacial score (nSPS) is 13.1. The van der Waals surface area contributed by atoms with E-state index < -0.39 is 22.5 Å². The molecule has 0 saturated heterocycles. The Balaban J connectivity index is 1.55. The van der Waals surface area contributed by atoms with Crippen LogP contribution in [0.1, 0.15) is 40.2 Å². The Morgan fingerprint density at radius 1 is 1.23 bits per heavy atom. The maximum absolute atomic E-state index is 15.6. The third kappa shape index (κ3) is 4.30. The minimum atomic E-state index is -0.841. The van der Waals surface area contributed by atoms with Crippen molar-refractivity contribution >= 4 is 34.1 Å². The summed E-state index contributed by atoms with van der Waals surface area (Å²) in [6.45, 7) is 0.155. The van der Waals surface area contributed by atoms with Gasteiger partial charge in [0.15, 0.2) is 5.82 Å². The fraction of sp³-hybridized carbons (Fsp3) is 0.200. The van der Waals surface area contributed by atoms with Crippen LogP contribution in [0, 0.1) is 21.7 Å². The number of hydrogen-bond donors (Lipinski definition) is 1. The average Bonchev–Trinajstić information content (AvgIpc) is 3.63. The zero-order valence-electron chi connectivity index (χ0n) is 18.6. The zero-order valence-corrected chi connectivity index (χ0v) is 18.6. The smallest absolute Gasteiger partial charge is 0.340 e. The Morgan fingerprint density at radius 3 is 2.71 bits per heavy atom. The molecule has 5 rings (SSSR count). The molecule has 0 unspecified atom stereocenters. The summed E-state index contributed by atoms with van der Waals surface area (Å²) >= 11 is 0. The van der Waals surface area contributed by atoms with E-state index in [4.69, 9.17) is 4.74 Å². The van der Waals surface area contributed by atoms with E-state index in [1.807, 2.05) is 0 Å². The van der Waals surface area contributed by atoms with Crippen molar-refractivity contribution in [2.45, 2.75) is 25.3 Å². The Hall–Kier alpha value is -4.34. The maximum Gasteiger partial charge on any atom is 0.340 e. The Morgan fingerprint density at radius 2 is 2.03 bits per heavy atom. The van der Waals surface area contributed by atoms with E-state index in [-0.39, 0.29) is 40.2 Å². The fourth-order valence-corrected chi connectivity index (χ4v) is 4.08. The molecular weight excluding hydrogens is 458 g/mol. The van der Waals surface area contributed by atoms with E-state index in [0.717, 1.165) is 18.4 Å². The molecule has 1 aliphatic rings. The SMILES string of the molecule is COC(=O)c1cc2c(ncn2Cc2cccc([N+](=O)[O-])c2)c(F)c1Nc1ccc(C2CC2)cc1F. The highest BCUT2D eigenvalue weighted by Gasteiger charge is 2.26. The zero-order chi connectivity index (χ0) is 24.7. The first-order valence-corrected chi connectivity index (χ1v) is 10.9. The molecule has 4 aromatic rings. The van der Waals surface area contributed by atoms with Crippen LogP contribution in [-0.2, 0) is 11.3 Å². The summed E-state index contributed by atoms with van der Waals surface area (Å²) in [6.07, 6.45) is 3.41. The van der Waals surface area contributed by atoms with Gasteiger partial charge in [-0.1, -0.05) is 18.2 Å². The highest BCUT2D eigenvalue weighted by molar-refractivity contribution is 6.01. The standard InChI is InChI=1S/C25H20F2N4O4/c1-35-25(32)18-11-21-24(28-13-30(21)12-14-3-2-4-17(9-14)31(33)34)22(27)23(18)29-20-8-7-16(10-19(20)26)15-5-6-15/h2-4,7-11,13,15,29H,5-6,12H2,1H3. The maximum atomic E-state index is 15.6. The summed E-state index contributed by atoms with van der Waals surface area (Å²) in [7, 11) is 1.17. The number of aromatic nitrogens is 2. The molecule has 1 fully saturated rings. The van der Waals surface area contributed by atoms with E-state index in [1.165, 1.54) is 43.8 Å². The molecule has 0 spiro atoms. The second kappa shape index (κ2) is 8.79. The molecule has 0 aliphatic heterocycles. The number of hydrogen-bond acceptors (Lipinski definition) is 6. The van der Waals surface area contributed by atoms with E-state index >= 15 is 4.39 Å². The first kappa shape index (κ1) is 22.5. The number of non-ortho nitro benzene ring substituents is 1. The van der Waals surface area contributed by atoms with Gasteiger partial charge in [0.1, 0.15) is 11.3 Å². The number of carbonyl (C=O) groups excluding carboxylic acids is 1. The number of carbonyl (C=O) groups is 1. The van der Waals surface area contributed by atoms with Crippen LogP contribution >= 0.6 is 0 Å². The molecule has 178 valence electrons. The van der Waals surface area contributed by atoms with Crippen LogP contribution in [0.4, 0.5) is 25.8 Å². The summed E-state index contributed by atoms with van der Waals surface area (Å²) in [4.78, 5) is 27.3. The van der Waals surface area contributed by atoms with E-state index in [0.29, 0.717) is 11.5 Å². The van der Waals surface area contributed by atoms with Crippen LogP contribution in [0.15, 0.2) is 54.9 Å². The van der Waals surface area contributed by atoms with Crippen LogP contribution in [0.3, 0.4) is 0 Å². The lowest BCUT2D eigenvalue weighted by atomic mass is 10.1. The topological polar surface area (TPSA) is 99.3 Å². The van der Waals surface area contributed by atoms with Crippen molar-refractivity contribution in [1.82, 2.24) is 9.55 Å². The highest BCUT2D eigenvalue weighted by atomic mass is 19.1. The fourth-order valence-electron chi connectivity index (χ4n) is 4.08. The number of methoxy groups -OCH3 is 1. The summed E-state index contributed by atoms with van der Waals surface area (Å²) in [5.74, 6) is -1.86.